The fourth-order valence-electron chi connectivity index (χ4n) is 6.08. The van der Waals surface area contributed by atoms with Crippen LogP contribution in [0.5, 0.6) is 0 Å². The predicted octanol–water partition coefficient (Wildman–Crippen LogP) is 5.72. The first kappa shape index (κ1) is 24.0. The van der Waals surface area contributed by atoms with E-state index >= 15 is 0 Å². The van der Waals surface area contributed by atoms with Gasteiger partial charge in [-0.2, -0.15) is 0 Å². The van der Waals surface area contributed by atoms with E-state index in [1.54, 1.807) is 5.57 Å². The molecule has 0 spiro atoms. The second kappa shape index (κ2) is 12.4. The van der Waals surface area contributed by atoms with Crippen molar-refractivity contribution in [2.24, 2.45) is 23.7 Å². The highest BCUT2D eigenvalue weighted by molar-refractivity contribution is 5.21. The maximum absolute atomic E-state index is 10.6. The third-order valence-corrected chi connectivity index (χ3v) is 7.87. The minimum Gasteiger partial charge on any atom is -0.392 e. The molecule has 0 aromatic rings. The molecule has 0 unspecified atom stereocenters. The first-order chi connectivity index (χ1) is 14.6. The molecule has 6 atom stereocenters. The van der Waals surface area contributed by atoms with E-state index in [1.807, 2.05) is 6.08 Å². The number of fused-ring (bicyclic) bond motifs is 1. The summed E-state index contributed by atoms with van der Waals surface area (Å²) in [6.45, 7) is 8.39. The van der Waals surface area contributed by atoms with Crippen molar-refractivity contribution in [1.82, 2.24) is 4.90 Å². The van der Waals surface area contributed by atoms with Crippen LogP contribution in [0.15, 0.2) is 23.8 Å². The summed E-state index contributed by atoms with van der Waals surface area (Å²) in [6.07, 6.45) is 20.6. The van der Waals surface area contributed by atoms with Crippen molar-refractivity contribution in [3.05, 3.63) is 23.8 Å². The SMILES string of the molecule is CCCC[C@@H](C)C[C@H](O)C=C[C@@H]1[C@H]2CC(CCCCCN3CCCC3)=C[C@H]2C[C@H]1O. The quantitative estimate of drug-likeness (QED) is 0.297. The van der Waals surface area contributed by atoms with E-state index in [0.717, 1.165) is 19.3 Å². The molecule has 3 nitrogen and oxygen atoms in total. The maximum Gasteiger partial charge on any atom is 0.0723 e. The van der Waals surface area contributed by atoms with Gasteiger partial charge < -0.3 is 15.1 Å². The van der Waals surface area contributed by atoms with Crippen molar-refractivity contribution in [3.63, 3.8) is 0 Å². The van der Waals surface area contributed by atoms with E-state index in [-0.39, 0.29) is 18.1 Å². The Balaban J connectivity index is 1.36. The predicted molar refractivity (Wildman–Crippen MR) is 126 cm³/mol. The molecule has 3 rings (SSSR count). The molecule has 30 heavy (non-hydrogen) atoms. The van der Waals surface area contributed by atoms with Crippen LogP contribution in [-0.2, 0) is 0 Å². The van der Waals surface area contributed by atoms with Gasteiger partial charge in [-0.3, -0.25) is 0 Å². The van der Waals surface area contributed by atoms with Gasteiger partial charge in [-0.25, -0.2) is 0 Å². The normalized spacial score (nSPS) is 31.4. The molecule has 0 radical (unpaired) electrons. The number of rotatable bonds is 13. The standard InChI is InChI=1S/C27H47NO2/c1-3-4-10-21(2)17-24(29)12-13-25-26-19-22(18-23(26)20-27(25)30)11-6-5-7-14-28-15-8-9-16-28/h12-13,18,21,23-27,29-30H,3-11,14-17,19-20H2,1-2H3/t21-,23+,24-,25-,26+,27-/m1/s1. The van der Waals surface area contributed by atoms with Crippen molar-refractivity contribution >= 4 is 0 Å². The fraction of sp³-hybridized carbons (Fsp3) is 0.852. The molecule has 0 aromatic heterocycles. The Morgan fingerprint density at radius 1 is 1.17 bits per heavy atom. The van der Waals surface area contributed by atoms with E-state index in [4.69, 9.17) is 0 Å². The summed E-state index contributed by atoms with van der Waals surface area (Å²) in [4.78, 5) is 2.62. The molecule has 0 aromatic carbocycles. The van der Waals surface area contributed by atoms with Crippen LogP contribution in [-0.4, -0.2) is 47.0 Å². The summed E-state index contributed by atoms with van der Waals surface area (Å²) in [7, 11) is 0. The lowest BCUT2D eigenvalue weighted by molar-refractivity contribution is 0.139. The van der Waals surface area contributed by atoms with Gasteiger partial charge in [0.25, 0.3) is 0 Å². The van der Waals surface area contributed by atoms with Crippen LogP contribution >= 0.6 is 0 Å². The third kappa shape index (κ3) is 7.21. The van der Waals surface area contributed by atoms with E-state index in [1.165, 1.54) is 77.4 Å². The fourth-order valence-corrected chi connectivity index (χ4v) is 6.08. The lowest BCUT2D eigenvalue weighted by Gasteiger charge is -2.19. The lowest BCUT2D eigenvalue weighted by atomic mass is 9.88. The monoisotopic (exact) mass is 417 g/mol. The number of allylic oxidation sites excluding steroid dienone is 2. The van der Waals surface area contributed by atoms with E-state index < -0.39 is 0 Å². The van der Waals surface area contributed by atoms with Crippen molar-refractivity contribution < 1.29 is 10.2 Å². The van der Waals surface area contributed by atoms with Gasteiger partial charge in [0.05, 0.1) is 12.2 Å². The van der Waals surface area contributed by atoms with Crippen molar-refractivity contribution in [2.75, 3.05) is 19.6 Å². The molecule has 172 valence electrons. The van der Waals surface area contributed by atoms with E-state index in [2.05, 4.69) is 30.9 Å². The van der Waals surface area contributed by atoms with E-state index in [0.29, 0.717) is 17.8 Å². The van der Waals surface area contributed by atoms with Crippen LogP contribution in [0, 0.1) is 23.7 Å². The summed E-state index contributed by atoms with van der Waals surface area (Å²) < 4.78 is 0. The molecule has 1 aliphatic heterocycles. The Kier molecular flexibility index (Phi) is 9.93. The number of nitrogens with zero attached hydrogens (tertiary/aromatic N) is 1. The van der Waals surface area contributed by atoms with Crippen LogP contribution in [0.1, 0.15) is 90.9 Å². The average Bonchev–Trinajstić information content (AvgIpc) is 3.42. The molecular weight excluding hydrogens is 370 g/mol. The van der Waals surface area contributed by atoms with Gasteiger partial charge in [0.2, 0.25) is 0 Å². The van der Waals surface area contributed by atoms with Gasteiger partial charge in [-0.15, -0.1) is 0 Å². The Labute approximate surface area is 185 Å². The first-order valence-corrected chi connectivity index (χ1v) is 13.0. The summed E-state index contributed by atoms with van der Waals surface area (Å²) in [6, 6.07) is 0. The zero-order valence-electron chi connectivity index (χ0n) is 19.6. The molecule has 3 heteroatoms. The Hall–Kier alpha value is -0.640. The van der Waals surface area contributed by atoms with Gasteiger partial charge >= 0.3 is 0 Å². The molecule has 3 aliphatic rings. The van der Waals surface area contributed by atoms with Gasteiger partial charge in [0.15, 0.2) is 0 Å². The molecule has 2 N–H and O–H groups in total. The van der Waals surface area contributed by atoms with Crippen molar-refractivity contribution in [3.8, 4) is 0 Å². The first-order valence-electron chi connectivity index (χ1n) is 13.0. The Bertz CT molecular complexity index is 551. The number of aliphatic hydroxyl groups excluding tert-OH is 2. The van der Waals surface area contributed by atoms with Crippen molar-refractivity contribution in [2.45, 2.75) is 103 Å². The van der Waals surface area contributed by atoms with Crippen LogP contribution in [0.2, 0.25) is 0 Å². The molecule has 1 saturated carbocycles. The zero-order chi connectivity index (χ0) is 21.3. The lowest BCUT2D eigenvalue weighted by Crippen LogP contribution is -2.20. The molecule has 2 fully saturated rings. The smallest absolute Gasteiger partial charge is 0.0723 e. The summed E-state index contributed by atoms with van der Waals surface area (Å²) in [5, 5.41) is 21.0. The Morgan fingerprint density at radius 2 is 1.97 bits per heavy atom. The van der Waals surface area contributed by atoms with Crippen LogP contribution in [0.25, 0.3) is 0 Å². The minimum atomic E-state index is -0.368. The van der Waals surface area contributed by atoms with Gasteiger partial charge in [-0.05, 0) is 88.8 Å². The minimum absolute atomic E-state index is 0.222. The van der Waals surface area contributed by atoms with Crippen LogP contribution in [0.4, 0.5) is 0 Å². The Morgan fingerprint density at radius 3 is 2.73 bits per heavy atom. The number of aliphatic hydroxyl groups is 2. The molecule has 1 heterocycles. The van der Waals surface area contributed by atoms with Gasteiger partial charge in [0, 0.05) is 5.92 Å². The second-order valence-electron chi connectivity index (χ2n) is 10.5. The zero-order valence-corrected chi connectivity index (χ0v) is 19.6. The highest BCUT2D eigenvalue weighted by Gasteiger charge is 2.43. The molecule has 0 bridgehead atoms. The molecule has 2 aliphatic carbocycles. The van der Waals surface area contributed by atoms with Crippen molar-refractivity contribution in [1.29, 1.82) is 0 Å². The third-order valence-electron chi connectivity index (χ3n) is 7.87. The number of unbranched alkanes of at least 4 members (excludes halogenated alkanes) is 3. The summed E-state index contributed by atoms with van der Waals surface area (Å²) in [5.41, 5.74) is 1.63. The molecular formula is C27H47NO2. The summed E-state index contributed by atoms with van der Waals surface area (Å²) >= 11 is 0. The number of likely N-dealkylation sites (tertiary alicyclic amines) is 1. The summed E-state index contributed by atoms with van der Waals surface area (Å²) in [5.74, 6) is 1.89. The largest absolute Gasteiger partial charge is 0.392 e. The van der Waals surface area contributed by atoms with Crippen LogP contribution < -0.4 is 0 Å². The topological polar surface area (TPSA) is 43.7 Å². The second-order valence-corrected chi connectivity index (χ2v) is 10.5. The van der Waals surface area contributed by atoms with Gasteiger partial charge in [-0.1, -0.05) is 63.3 Å². The van der Waals surface area contributed by atoms with E-state index in [9.17, 15) is 10.2 Å². The highest BCUT2D eigenvalue weighted by atomic mass is 16.3. The average molecular weight is 418 g/mol. The number of hydrogen-bond acceptors (Lipinski definition) is 3. The van der Waals surface area contributed by atoms with Gasteiger partial charge in [0.1, 0.15) is 0 Å². The number of hydrogen-bond donors (Lipinski definition) is 2. The molecule has 0 amide bonds. The van der Waals surface area contributed by atoms with Crippen LogP contribution in [0.3, 0.4) is 0 Å². The molecule has 1 saturated heterocycles. The highest BCUT2D eigenvalue weighted by Crippen LogP contribution is 2.48. The maximum atomic E-state index is 10.6.